The van der Waals surface area contributed by atoms with E-state index in [4.69, 9.17) is 4.74 Å². The van der Waals surface area contributed by atoms with Gasteiger partial charge in [-0.2, -0.15) is 0 Å². The fourth-order valence-corrected chi connectivity index (χ4v) is 2.15. The predicted octanol–water partition coefficient (Wildman–Crippen LogP) is 0.793. The minimum absolute atomic E-state index is 0.111. The van der Waals surface area contributed by atoms with Crippen molar-refractivity contribution in [2.24, 2.45) is 5.92 Å². The summed E-state index contributed by atoms with van der Waals surface area (Å²) in [7, 11) is 0. The Bertz CT molecular complexity index is 463. The van der Waals surface area contributed by atoms with Gasteiger partial charge in [-0.3, -0.25) is 9.59 Å². The first-order chi connectivity index (χ1) is 9.13. The monoisotopic (exact) mass is 267 g/mol. The lowest BCUT2D eigenvalue weighted by molar-refractivity contribution is -0.149. The van der Waals surface area contributed by atoms with Gasteiger partial charge in [0.25, 0.3) is 5.91 Å². The van der Waals surface area contributed by atoms with Gasteiger partial charge in [0.1, 0.15) is 5.69 Å². The lowest BCUT2D eigenvalue weighted by Gasteiger charge is -2.30. The number of hydrogen-bond acceptors (Lipinski definition) is 6. The fourth-order valence-electron chi connectivity index (χ4n) is 2.15. The molecule has 19 heavy (non-hydrogen) atoms. The van der Waals surface area contributed by atoms with Crippen LogP contribution in [-0.2, 0) is 9.53 Å². The van der Waals surface area contributed by atoms with Gasteiger partial charge in [0.2, 0.25) is 0 Å². The van der Waals surface area contributed by atoms with Crippen LogP contribution in [0.1, 0.15) is 35.9 Å². The molecule has 0 saturated carbocycles. The summed E-state index contributed by atoms with van der Waals surface area (Å²) in [4.78, 5) is 25.4. The van der Waals surface area contributed by atoms with Gasteiger partial charge in [0.05, 0.1) is 12.5 Å². The van der Waals surface area contributed by atoms with Gasteiger partial charge in [0.15, 0.2) is 5.69 Å². The number of amides is 1. The Kier molecular flexibility index (Phi) is 4.13. The number of likely N-dealkylation sites (tertiary alicyclic amines) is 1. The normalized spacial score (nSPS) is 16.4. The lowest BCUT2D eigenvalue weighted by atomic mass is 9.97. The van der Waals surface area contributed by atoms with Crippen molar-refractivity contribution in [3.8, 4) is 0 Å². The van der Waals surface area contributed by atoms with Crippen LogP contribution in [-0.4, -0.2) is 46.8 Å². The zero-order chi connectivity index (χ0) is 13.8. The molecule has 0 radical (unpaired) electrons. The Balaban J connectivity index is 1.92. The Morgan fingerprint density at radius 2 is 2.05 bits per heavy atom. The molecule has 0 bridgehead atoms. The molecule has 7 heteroatoms. The minimum Gasteiger partial charge on any atom is -0.466 e. The van der Waals surface area contributed by atoms with Crippen LogP contribution < -0.4 is 0 Å². The summed E-state index contributed by atoms with van der Waals surface area (Å²) in [6.07, 6.45) is 1.24. The van der Waals surface area contributed by atoms with Crippen molar-refractivity contribution in [2.75, 3.05) is 19.7 Å². The zero-order valence-corrected chi connectivity index (χ0v) is 11.1. The average molecular weight is 267 g/mol. The quantitative estimate of drug-likeness (QED) is 0.753. The van der Waals surface area contributed by atoms with E-state index in [0.29, 0.717) is 38.2 Å². The van der Waals surface area contributed by atoms with E-state index in [0.717, 1.165) is 0 Å². The van der Waals surface area contributed by atoms with Crippen molar-refractivity contribution in [3.05, 3.63) is 11.4 Å². The van der Waals surface area contributed by atoms with E-state index in [2.05, 4.69) is 14.9 Å². The van der Waals surface area contributed by atoms with Crippen LogP contribution in [0.2, 0.25) is 0 Å². The summed E-state index contributed by atoms with van der Waals surface area (Å²) in [5, 5.41) is 7.20. The first kappa shape index (κ1) is 13.5. The van der Waals surface area contributed by atoms with Gasteiger partial charge >= 0.3 is 5.97 Å². The highest BCUT2D eigenvalue weighted by Gasteiger charge is 2.30. The van der Waals surface area contributed by atoms with Crippen LogP contribution >= 0.6 is 0 Å². The number of hydrogen-bond donors (Lipinski definition) is 0. The summed E-state index contributed by atoms with van der Waals surface area (Å²) >= 11 is 0. The molecular weight excluding hydrogens is 250 g/mol. The molecule has 1 aromatic rings. The Hall–Kier alpha value is -1.92. The number of aryl methyl sites for hydroxylation is 1. The number of esters is 1. The van der Waals surface area contributed by atoms with Crippen LogP contribution in [0, 0.1) is 12.8 Å². The predicted molar refractivity (Wildman–Crippen MR) is 64.3 cm³/mol. The van der Waals surface area contributed by atoms with Crippen molar-refractivity contribution >= 4 is 11.9 Å². The average Bonchev–Trinajstić information content (AvgIpc) is 2.84. The molecule has 1 aliphatic rings. The van der Waals surface area contributed by atoms with Gasteiger partial charge in [-0.05, 0) is 31.8 Å². The Morgan fingerprint density at radius 3 is 2.58 bits per heavy atom. The van der Waals surface area contributed by atoms with Crippen LogP contribution in [0.5, 0.6) is 0 Å². The first-order valence-electron chi connectivity index (χ1n) is 6.38. The topological polar surface area (TPSA) is 85.5 Å². The van der Waals surface area contributed by atoms with Crippen LogP contribution in [0.4, 0.5) is 0 Å². The second kappa shape index (κ2) is 5.81. The van der Waals surface area contributed by atoms with E-state index in [-0.39, 0.29) is 23.5 Å². The van der Waals surface area contributed by atoms with Crippen LogP contribution in [0.15, 0.2) is 4.63 Å². The molecule has 7 nitrogen and oxygen atoms in total. The molecule has 1 fully saturated rings. The summed E-state index contributed by atoms with van der Waals surface area (Å²) in [6, 6.07) is 0. The molecular formula is C12H17N3O4. The van der Waals surface area contributed by atoms with Gasteiger partial charge in [-0.15, -0.1) is 0 Å². The minimum atomic E-state index is -0.193. The number of rotatable bonds is 3. The third-order valence-electron chi connectivity index (χ3n) is 3.26. The van der Waals surface area contributed by atoms with Crippen molar-refractivity contribution in [1.29, 1.82) is 0 Å². The van der Waals surface area contributed by atoms with Gasteiger partial charge in [-0.25, -0.2) is 4.63 Å². The van der Waals surface area contributed by atoms with Crippen LogP contribution in [0.3, 0.4) is 0 Å². The standard InChI is InChI=1S/C12H17N3O4/c1-3-18-12(17)9-4-6-15(7-5-9)11(16)10-8(2)13-19-14-10/h9H,3-7H2,1-2H3. The molecule has 0 aromatic carbocycles. The maximum atomic E-state index is 12.1. The second-order valence-electron chi connectivity index (χ2n) is 4.52. The number of carbonyl (C=O) groups excluding carboxylic acids is 2. The highest BCUT2D eigenvalue weighted by atomic mass is 16.6. The third kappa shape index (κ3) is 2.91. The molecule has 1 saturated heterocycles. The van der Waals surface area contributed by atoms with Gasteiger partial charge < -0.3 is 9.64 Å². The molecule has 0 spiro atoms. The number of carbonyl (C=O) groups is 2. The summed E-state index contributed by atoms with van der Waals surface area (Å²) in [5.41, 5.74) is 0.729. The zero-order valence-electron chi connectivity index (χ0n) is 11.1. The van der Waals surface area contributed by atoms with E-state index >= 15 is 0 Å². The largest absolute Gasteiger partial charge is 0.466 e. The van der Waals surface area contributed by atoms with Crippen molar-refractivity contribution < 1.29 is 19.0 Å². The molecule has 0 atom stereocenters. The first-order valence-corrected chi connectivity index (χ1v) is 6.38. The Morgan fingerprint density at radius 1 is 1.37 bits per heavy atom. The van der Waals surface area contributed by atoms with Crippen molar-refractivity contribution in [2.45, 2.75) is 26.7 Å². The van der Waals surface area contributed by atoms with Gasteiger partial charge in [-0.1, -0.05) is 5.16 Å². The van der Waals surface area contributed by atoms with E-state index in [1.807, 2.05) is 0 Å². The van der Waals surface area contributed by atoms with E-state index in [1.54, 1.807) is 18.7 Å². The molecule has 1 aromatic heterocycles. The molecule has 0 unspecified atom stereocenters. The summed E-state index contributed by atoms with van der Waals surface area (Å²) in [6.45, 7) is 4.90. The maximum absolute atomic E-state index is 12.1. The third-order valence-corrected chi connectivity index (χ3v) is 3.26. The van der Waals surface area contributed by atoms with Crippen molar-refractivity contribution in [1.82, 2.24) is 15.2 Å². The molecule has 1 aliphatic heterocycles. The molecule has 2 rings (SSSR count). The lowest BCUT2D eigenvalue weighted by Crippen LogP contribution is -2.41. The summed E-state index contributed by atoms with van der Waals surface area (Å²) in [5.74, 6) is -0.476. The van der Waals surface area contributed by atoms with E-state index in [1.165, 1.54) is 0 Å². The SMILES string of the molecule is CCOC(=O)C1CCN(C(=O)c2nonc2C)CC1. The number of nitrogens with zero attached hydrogens (tertiary/aromatic N) is 3. The van der Waals surface area contributed by atoms with Crippen LogP contribution in [0.25, 0.3) is 0 Å². The molecule has 1 amide bonds. The number of aromatic nitrogens is 2. The highest BCUT2D eigenvalue weighted by molar-refractivity contribution is 5.93. The van der Waals surface area contributed by atoms with Gasteiger partial charge in [0, 0.05) is 13.1 Å². The number of piperidine rings is 1. The smallest absolute Gasteiger partial charge is 0.309 e. The molecule has 0 aliphatic carbocycles. The molecule has 2 heterocycles. The maximum Gasteiger partial charge on any atom is 0.309 e. The molecule has 0 N–H and O–H groups in total. The van der Waals surface area contributed by atoms with Crippen molar-refractivity contribution in [3.63, 3.8) is 0 Å². The Labute approximate surface area is 110 Å². The van der Waals surface area contributed by atoms with E-state index in [9.17, 15) is 9.59 Å². The highest BCUT2D eigenvalue weighted by Crippen LogP contribution is 2.20. The second-order valence-corrected chi connectivity index (χ2v) is 4.52. The summed E-state index contributed by atoms with van der Waals surface area (Å²) < 4.78 is 9.52. The fraction of sp³-hybridized carbons (Fsp3) is 0.667. The number of ether oxygens (including phenoxy) is 1. The van der Waals surface area contributed by atoms with E-state index < -0.39 is 0 Å². The molecule has 104 valence electrons.